The van der Waals surface area contributed by atoms with Crippen LogP contribution in [-0.4, -0.2) is 47.1 Å². The molecular weight excluding hydrogens is 546 g/mol. The number of ether oxygens (including phenoxy) is 2. The highest BCUT2D eigenvalue weighted by Crippen LogP contribution is 2.38. The van der Waals surface area contributed by atoms with Crippen LogP contribution in [-0.2, 0) is 24.3 Å². The van der Waals surface area contributed by atoms with E-state index in [9.17, 15) is 9.59 Å². The summed E-state index contributed by atoms with van der Waals surface area (Å²) in [5.74, 6) is 1.07. The van der Waals surface area contributed by atoms with Crippen LogP contribution in [0.3, 0.4) is 0 Å². The number of hydrogen-bond donors (Lipinski definition) is 0. The molecule has 0 bridgehead atoms. The van der Waals surface area contributed by atoms with Crippen molar-refractivity contribution in [2.24, 2.45) is 0 Å². The van der Waals surface area contributed by atoms with Gasteiger partial charge in [-0.3, -0.25) is 9.59 Å². The molecule has 212 valence electrons. The van der Waals surface area contributed by atoms with Gasteiger partial charge in [0.05, 0.1) is 24.7 Å². The van der Waals surface area contributed by atoms with E-state index >= 15 is 0 Å². The number of fused-ring (bicyclic) bond motifs is 2. The van der Waals surface area contributed by atoms with Crippen molar-refractivity contribution in [3.05, 3.63) is 118 Å². The molecule has 2 heterocycles. The van der Waals surface area contributed by atoms with E-state index in [0.717, 1.165) is 33.3 Å². The Balaban J connectivity index is 1.30. The van der Waals surface area contributed by atoms with E-state index in [-0.39, 0.29) is 18.0 Å². The molecule has 1 aromatic heterocycles. The fourth-order valence-electron chi connectivity index (χ4n) is 5.36. The lowest BCUT2D eigenvalue weighted by Crippen LogP contribution is -2.38. The lowest BCUT2D eigenvalue weighted by molar-refractivity contribution is -0.132. The molecule has 0 fully saturated rings. The summed E-state index contributed by atoms with van der Waals surface area (Å²) in [6.07, 6.45) is 2.61. The first-order valence-electron chi connectivity index (χ1n) is 13.8. The van der Waals surface area contributed by atoms with Gasteiger partial charge in [-0.15, -0.1) is 11.8 Å². The number of nitrogens with zero attached hydrogens (tertiary/aromatic N) is 3. The minimum atomic E-state index is -0.278. The number of hydrogen-bond acceptors (Lipinski definition) is 6. The van der Waals surface area contributed by atoms with Gasteiger partial charge in [-0.05, 0) is 53.3 Å². The Morgan fingerprint density at radius 3 is 2.43 bits per heavy atom. The lowest BCUT2D eigenvalue weighted by atomic mass is 10.0. The van der Waals surface area contributed by atoms with Crippen molar-refractivity contribution >= 4 is 28.4 Å². The number of benzene rings is 4. The van der Waals surface area contributed by atoms with E-state index in [1.165, 1.54) is 9.58 Å². The molecule has 6 rings (SSSR count). The first-order valence-corrected chi connectivity index (χ1v) is 15.0. The fraction of sp³-hybridized carbons (Fsp3) is 0.206. The van der Waals surface area contributed by atoms with Crippen LogP contribution >= 0.6 is 11.8 Å². The molecule has 1 aliphatic heterocycles. The summed E-state index contributed by atoms with van der Waals surface area (Å²) in [7, 11) is 1.62. The maximum Gasteiger partial charge on any atom is 0.275 e. The van der Waals surface area contributed by atoms with Crippen LogP contribution in [0.25, 0.3) is 21.9 Å². The van der Waals surface area contributed by atoms with Crippen molar-refractivity contribution in [2.75, 3.05) is 26.5 Å². The zero-order valence-corrected chi connectivity index (χ0v) is 24.4. The summed E-state index contributed by atoms with van der Waals surface area (Å²) in [5, 5.41) is 6.05. The predicted octanol–water partition coefficient (Wildman–Crippen LogP) is 5.81. The predicted molar refractivity (Wildman–Crippen MR) is 166 cm³/mol. The Kier molecular flexibility index (Phi) is 7.97. The zero-order chi connectivity index (χ0) is 29.1. The Bertz CT molecular complexity index is 1800. The molecule has 0 N–H and O–H groups in total. The first kappa shape index (κ1) is 27.6. The summed E-state index contributed by atoms with van der Waals surface area (Å²) >= 11 is 1.69. The zero-order valence-electron chi connectivity index (χ0n) is 23.6. The molecule has 8 heteroatoms. The van der Waals surface area contributed by atoms with Crippen molar-refractivity contribution in [1.82, 2.24) is 14.7 Å². The second-order valence-electron chi connectivity index (χ2n) is 10.2. The molecule has 1 amide bonds. The van der Waals surface area contributed by atoms with Crippen LogP contribution in [0.1, 0.15) is 16.8 Å². The molecule has 0 spiro atoms. The Labute approximate surface area is 248 Å². The first-order chi connectivity index (χ1) is 20.5. The summed E-state index contributed by atoms with van der Waals surface area (Å²) in [5.41, 5.74) is 4.45. The standard InChI is InChI=1S/C34H31N3O4S/c1-40-31-20-25(24-12-14-27(42-2)15-13-24)19-26-21-36(16-17-41-33(26)31)32(38)22-37-34(39)29-11-7-6-10-28(29)30(35-37)18-23-8-4-3-5-9-23/h3-15,19-20H,16-18,21-22H2,1-2H3. The highest BCUT2D eigenvalue weighted by atomic mass is 32.2. The quantitative estimate of drug-likeness (QED) is 0.228. The molecule has 1 aliphatic rings. The van der Waals surface area contributed by atoms with Crippen LogP contribution in [0.5, 0.6) is 11.5 Å². The van der Waals surface area contributed by atoms with Crippen molar-refractivity contribution in [3.63, 3.8) is 0 Å². The topological polar surface area (TPSA) is 73.7 Å². The second-order valence-corrected chi connectivity index (χ2v) is 11.1. The van der Waals surface area contributed by atoms with Crippen LogP contribution < -0.4 is 15.0 Å². The van der Waals surface area contributed by atoms with Gasteiger partial charge in [0, 0.05) is 28.8 Å². The fourth-order valence-corrected chi connectivity index (χ4v) is 5.77. The summed E-state index contributed by atoms with van der Waals surface area (Å²) in [4.78, 5) is 30.1. The van der Waals surface area contributed by atoms with Crippen molar-refractivity contribution in [1.29, 1.82) is 0 Å². The molecule has 4 aromatic carbocycles. The number of amides is 1. The third kappa shape index (κ3) is 5.63. The number of rotatable bonds is 7. The number of methoxy groups -OCH3 is 1. The monoisotopic (exact) mass is 577 g/mol. The average Bonchev–Trinajstić information content (AvgIpc) is 3.26. The summed E-state index contributed by atoms with van der Waals surface area (Å²) in [6, 6.07) is 29.8. The minimum Gasteiger partial charge on any atom is -0.493 e. The number of thioether (sulfide) groups is 1. The van der Waals surface area contributed by atoms with E-state index in [0.29, 0.717) is 43.0 Å². The second kappa shape index (κ2) is 12.1. The molecule has 0 radical (unpaired) electrons. The van der Waals surface area contributed by atoms with Gasteiger partial charge in [0.2, 0.25) is 5.91 Å². The van der Waals surface area contributed by atoms with E-state index in [4.69, 9.17) is 14.6 Å². The van der Waals surface area contributed by atoms with Gasteiger partial charge < -0.3 is 14.4 Å². The molecule has 0 saturated carbocycles. The smallest absolute Gasteiger partial charge is 0.275 e. The molecule has 42 heavy (non-hydrogen) atoms. The third-order valence-corrected chi connectivity index (χ3v) is 8.28. The van der Waals surface area contributed by atoms with Gasteiger partial charge in [0.15, 0.2) is 11.5 Å². The van der Waals surface area contributed by atoms with Crippen molar-refractivity contribution in [2.45, 2.75) is 24.4 Å². The highest BCUT2D eigenvalue weighted by molar-refractivity contribution is 7.98. The molecule has 0 saturated heterocycles. The van der Waals surface area contributed by atoms with Gasteiger partial charge in [-0.1, -0.05) is 60.7 Å². The molecule has 0 atom stereocenters. The maximum atomic E-state index is 13.7. The van der Waals surface area contributed by atoms with Gasteiger partial charge in [-0.2, -0.15) is 5.10 Å². The van der Waals surface area contributed by atoms with Gasteiger partial charge in [-0.25, -0.2) is 4.68 Å². The Morgan fingerprint density at radius 1 is 0.952 bits per heavy atom. The van der Waals surface area contributed by atoms with Crippen LogP contribution in [0.4, 0.5) is 0 Å². The third-order valence-electron chi connectivity index (χ3n) is 7.54. The molecule has 7 nitrogen and oxygen atoms in total. The SMILES string of the molecule is COc1cc(-c2ccc(SC)cc2)cc2c1OCCN(C(=O)Cn1nc(Cc3ccccc3)c3ccccc3c1=O)C2. The van der Waals surface area contributed by atoms with Crippen LogP contribution in [0.15, 0.2) is 101 Å². The maximum absolute atomic E-state index is 13.7. The Morgan fingerprint density at radius 2 is 1.69 bits per heavy atom. The summed E-state index contributed by atoms with van der Waals surface area (Å²) in [6.45, 7) is 0.873. The molecule has 5 aromatic rings. The van der Waals surface area contributed by atoms with Crippen molar-refractivity contribution < 1.29 is 14.3 Å². The number of aromatic nitrogens is 2. The normalized spacial score (nSPS) is 12.9. The van der Waals surface area contributed by atoms with Crippen molar-refractivity contribution in [3.8, 4) is 22.6 Å². The lowest BCUT2D eigenvalue weighted by Gasteiger charge is -2.21. The van der Waals surface area contributed by atoms with E-state index in [1.54, 1.807) is 29.8 Å². The van der Waals surface area contributed by atoms with Gasteiger partial charge in [0.1, 0.15) is 13.2 Å². The van der Waals surface area contributed by atoms with E-state index in [2.05, 4.69) is 36.6 Å². The van der Waals surface area contributed by atoms with Crippen LogP contribution in [0.2, 0.25) is 0 Å². The molecule has 0 aliphatic carbocycles. The molecule has 0 unspecified atom stereocenters. The number of carbonyl (C=O) groups excluding carboxylic acids is 1. The largest absolute Gasteiger partial charge is 0.493 e. The number of carbonyl (C=O) groups is 1. The molecular formula is C34H31N3O4S. The van der Waals surface area contributed by atoms with Crippen LogP contribution in [0, 0.1) is 0 Å². The van der Waals surface area contributed by atoms with E-state index < -0.39 is 0 Å². The summed E-state index contributed by atoms with van der Waals surface area (Å²) < 4.78 is 13.1. The minimum absolute atomic E-state index is 0.159. The average molecular weight is 578 g/mol. The Hall–Kier alpha value is -4.56. The van der Waals surface area contributed by atoms with Gasteiger partial charge >= 0.3 is 0 Å². The van der Waals surface area contributed by atoms with E-state index in [1.807, 2.05) is 54.6 Å². The highest BCUT2D eigenvalue weighted by Gasteiger charge is 2.25. The van der Waals surface area contributed by atoms with Gasteiger partial charge in [0.25, 0.3) is 5.56 Å².